The first-order valence-electron chi connectivity index (χ1n) is 11.7. The van der Waals surface area contributed by atoms with Crippen molar-refractivity contribution in [2.75, 3.05) is 14.1 Å². The van der Waals surface area contributed by atoms with E-state index in [4.69, 9.17) is 4.74 Å². The maximum atomic E-state index is 13.5. The zero-order valence-corrected chi connectivity index (χ0v) is 20.0. The zero-order chi connectivity index (χ0) is 23.3. The number of ether oxygens (including phenoxy) is 1. The van der Waals surface area contributed by atoms with E-state index < -0.39 is 6.04 Å². The van der Waals surface area contributed by atoms with E-state index in [0.717, 1.165) is 30.4 Å². The van der Waals surface area contributed by atoms with E-state index in [1.54, 1.807) is 6.07 Å². The monoisotopic (exact) mass is 432 g/mol. The molecule has 1 aliphatic rings. The molecule has 4 nitrogen and oxygen atoms in total. The molecule has 1 aliphatic carbocycles. The number of rotatable bonds is 7. The van der Waals surface area contributed by atoms with Gasteiger partial charge < -0.3 is 4.74 Å². The normalized spacial score (nSPS) is 22.7. The lowest BCUT2D eigenvalue weighted by molar-refractivity contribution is -0.162. The topological polar surface area (TPSA) is 53.3 Å². The second-order valence-corrected chi connectivity index (χ2v) is 9.72. The van der Waals surface area contributed by atoms with E-state index in [1.807, 2.05) is 44.1 Å². The molecule has 1 unspecified atom stereocenters. The van der Waals surface area contributed by atoms with E-state index in [-0.39, 0.29) is 12.1 Å². The SMILES string of the molecule is Cc1c(C#N)cccc1[C@@H](C(=O)O[C@@H]1C[C@H](C)CC[C@H]1C(C)Cc1ccccc1)N(C)C. The minimum Gasteiger partial charge on any atom is -0.461 e. The Labute approximate surface area is 193 Å². The predicted octanol–water partition coefficient (Wildman–Crippen LogP) is 5.70. The Morgan fingerprint density at radius 2 is 1.88 bits per heavy atom. The first-order valence-corrected chi connectivity index (χ1v) is 11.7. The third-order valence-electron chi connectivity index (χ3n) is 7.03. The number of hydrogen-bond donors (Lipinski definition) is 0. The molecule has 2 aromatic carbocycles. The van der Waals surface area contributed by atoms with Crippen LogP contribution >= 0.6 is 0 Å². The summed E-state index contributed by atoms with van der Waals surface area (Å²) in [5.74, 6) is 1.12. The third-order valence-corrected chi connectivity index (χ3v) is 7.03. The minimum atomic E-state index is -0.523. The van der Waals surface area contributed by atoms with Crippen LogP contribution in [-0.2, 0) is 16.0 Å². The van der Waals surface area contributed by atoms with Gasteiger partial charge in [-0.05, 0) is 80.8 Å². The molecule has 4 heteroatoms. The smallest absolute Gasteiger partial charge is 0.328 e. The molecule has 0 aromatic heterocycles. The molecule has 0 radical (unpaired) electrons. The summed E-state index contributed by atoms with van der Waals surface area (Å²) in [6, 6.07) is 17.8. The number of esters is 1. The van der Waals surface area contributed by atoms with Gasteiger partial charge >= 0.3 is 5.97 Å². The van der Waals surface area contributed by atoms with Crippen molar-refractivity contribution in [3.8, 4) is 6.07 Å². The van der Waals surface area contributed by atoms with Gasteiger partial charge in [0.2, 0.25) is 0 Å². The Kier molecular flexibility index (Phi) is 8.10. The van der Waals surface area contributed by atoms with Gasteiger partial charge in [-0.25, -0.2) is 4.79 Å². The van der Waals surface area contributed by atoms with Gasteiger partial charge in [0.1, 0.15) is 12.1 Å². The molecule has 0 heterocycles. The van der Waals surface area contributed by atoms with Gasteiger partial charge in [-0.2, -0.15) is 5.26 Å². The maximum absolute atomic E-state index is 13.5. The number of benzene rings is 2. The van der Waals surface area contributed by atoms with Gasteiger partial charge in [-0.15, -0.1) is 0 Å². The van der Waals surface area contributed by atoms with E-state index >= 15 is 0 Å². The van der Waals surface area contributed by atoms with Crippen molar-refractivity contribution < 1.29 is 9.53 Å². The Bertz CT molecular complexity index is 948. The number of nitriles is 1. The van der Waals surface area contributed by atoms with E-state index in [9.17, 15) is 10.1 Å². The van der Waals surface area contributed by atoms with Crippen molar-refractivity contribution in [2.45, 2.75) is 58.6 Å². The Morgan fingerprint density at radius 3 is 2.53 bits per heavy atom. The van der Waals surface area contributed by atoms with Crippen molar-refractivity contribution in [3.05, 3.63) is 70.8 Å². The first-order chi connectivity index (χ1) is 15.3. The van der Waals surface area contributed by atoms with Crippen LogP contribution in [0.4, 0.5) is 0 Å². The lowest BCUT2D eigenvalue weighted by Crippen LogP contribution is -2.40. The van der Waals surface area contributed by atoms with Crippen LogP contribution in [0.25, 0.3) is 0 Å². The summed E-state index contributed by atoms with van der Waals surface area (Å²) in [4.78, 5) is 15.4. The van der Waals surface area contributed by atoms with E-state index in [1.165, 1.54) is 12.0 Å². The molecule has 0 N–H and O–H groups in total. The number of nitrogens with zero attached hydrogens (tertiary/aromatic N) is 2. The molecule has 170 valence electrons. The highest BCUT2D eigenvalue weighted by Crippen LogP contribution is 2.38. The van der Waals surface area contributed by atoms with Crippen LogP contribution in [0.3, 0.4) is 0 Å². The standard InChI is InChI=1S/C28H36N2O2/c1-19-14-15-24(20(2)17-22-10-7-6-8-11-22)26(16-19)32-28(31)27(30(4)5)25-13-9-12-23(18-29)21(25)3/h6-13,19-20,24,26-27H,14-17H2,1-5H3/t19-,20?,24+,26-,27+/m1/s1. The summed E-state index contributed by atoms with van der Waals surface area (Å²) in [6.45, 7) is 6.45. The quantitative estimate of drug-likeness (QED) is 0.527. The van der Waals surface area contributed by atoms with Crippen LogP contribution in [0.2, 0.25) is 0 Å². The minimum absolute atomic E-state index is 0.0770. The van der Waals surface area contributed by atoms with Gasteiger partial charge in [0.25, 0.3) is 0 Å². The summed E-state index contributed by atoms with van der Waals surface area (Å²) >= 11 is 0. The van der Waals surface area contributed by atoms with Crippen LogP contribution < -0.4 is 0 Å². The fourth-order valence-corrected chi connectivity index (χ4v) is 5.18. The molecule has 32 heavy (non-hydrogen) atoms. The lowest BCUT2D eigenvalue weighted by atomic mass is 9.73. The molecule has 0 saturated heterocycles. The maximum Gasteiger partial charge on any atom is 0.328 e. The summed E-state index contributed by atoms with van der Waals surface area (Å²) in [7, 11) is 3.78. The summed E-state index contributed by atoms with van der Waals surface area (Å²) < 4.78 is 6.28. The van der Waals surface area contributed by atoms with Crippen molar-refractivity contribution >= 4 is 5.97 Å². The van der Waals surface area contributed by atoms with Crippen LogP contribution in [-0.4, -0.2) is 31.1 Å². The van der Waals surface area contributed by atoms with Crippen LogP contribution in [0.1, 0.15) is 61.4 Å². The molecule has 5 atom stereocenters. The lowest BCUT2D eigenvalue weighted by Gasteiger charge is -2.39. The Balaban J connectivity index is 1.81. The fourth-order valence-electron chi connectivity index (χ4n) is 5.18. The highest BCUT2D eigenvalue weighted by atomic mass is 16.5. The number of carbonyl (C=O) groups excluding carboxylic acids is 1. The highest BCUT2D eigenvalue weighted by molar-refractivity contribution is 5.78. The molecule has 1 fully saturated rings. The molecular formula is C28H36N2O2. The van der Waals surface area contributed by atoms with Crippen molar-refractivity contribution in [3.63, 3.8) is 0 Å². The van der Waals surface area contributed by atoms with Gasteiger partial charge in [0.15, 0.2) is 0 Å². The highest BCUT2D eigenvalue weighted by Gasteiger charge is 2.37. The molecule has 0 bridgehead atoms. The molecule has 0 aliphatic heterocycles. The van der Waals surface area contributed by atoms with E-state index in [0.29, 0.717) is 23.3 Å². The number of carbonyl (C=O) groups is 1. The molecular weight excluding hydrogens is 396 g/mol. The van der Waals surface area contributed by atoms with Crippen LogP contribution in [0.15, 0.2) is 48.5 Å². The molecule has 0 spiro atoms. The molecule has 1 saturated carbocycles. The van der Waals surface area contributed by atoms with Crippen molar-refractivity contribution in [1.82, 2.24) is 4.90 Å². The predicted molar refractivity (Wildman–Crippen MR) is 128 cm³/mol. The first kappa shape index (κ1) is 24.0. The molecule has 2 aromatic rings. The summed E-state index contributed by atoms with van der Waals surface area (Å²) in [6.07, 6.45) is 4.09. The van der Waals surface area contributed by atoms with Crippen molar-refractivity contribution in [2.24, 2.45) is 17.8 Å². The number of hydrogen-bond acceptors (Lipinski definition) is 4. The number of likely N-dealkylation sites (N-methyl/N-ethyl adjacent to an activating group) is 1. The molecule has 0 amide bonds. The Hall–Kier alpha value is -2.64. The van der Waals surface area contributed by atoms with Crippen LogP contribution in [0, 0.1) is 36.0 Å². The van der Waals surface area contributed by atoms with Gasteiger partial charge in [-0.3, -0.25) is 4.90 Å². The van der Waals surface area contributed by atoms with Gasteiger partial charge in [-0.1, -0.05) is 62.7 Å². The average Bonchev–Trinajstić information content (AvgIpc) is 2.75. The second kappa shape index (κ2) is 10.8. The van der Waals surface area contributed by atoms with Gasteiger partial charge in [0, 0.05) is 0 Å². The summed E-state index contributed by atoms with van der Waals surface area (Å²) in [5.41, 5.74) is 3.62. The summed E-state index contributed by atoms with van der Waals surface area (Å²) in [5, 5.41) is 9.43. The molecule has 3 rings (SSSR count). The third kappa shape index (κ3) is 5.58. The fraction of sp³-hybridized carbons (Fsp3) is 0.500. The second-order valence-electron chi connectivity index (χ2n) is 9.72. The van der Waals surface area contributed by atoms with Gasteiger partial charge in [0.05, 0.1) is 11.6 Å². The largest absolute Gasteiger partial charge is 0.461 e. The van der Waals surface area contributed by atoms with Crippen LogP contribution in [0.5, 0.6) is 0 Å². The zero-order valence-electron chi connectivity index (χ0n) is 20.0. The average molecular weight is 433 g/mol. The Morgan fingerprint density at radius 1 is 1.16 bits per heavy atom. The van der Waals surface area contributed by atoms with E-state index in [2.05, 4.69) is 44.2 Å². The van der Waals surface area contributed by atoms with Crippen molar-refractivity contribution in [1.29, 1.82) is 5.26 Å².